The number of fused-ring (bicyclic) bond motifs is 2. The Labute approximate surface area is 174 Å². The van der Waals surface area contributed by atoms with Gasteiger partial charge in [0.25, 0.3) is 0 Å². The minimum atomic E-state index is -3.25. The summed E-state index contributed by atoms with van der Waals surface area (Å²) in [4.78, 5) is 16.7. The van der Waals surface area contributed by atoms with Gasteiger partial charge in [-0.1, -0.05) is 6.07 Å². The second kappa shape index (κ2) is 7.17. The zero-order valence-corrected chi connectivity index (χ0v) is 17.3. The molecule has 0 unspecified atom stereocenters. The summed E-state index contributed by atoms with van der Waals surface area (Å²) < 4.78 is 41.0. The van der Waals surface area contributed by atoms with E-state index < -0.39 is 15.9 Å². The SMILES string of the molecule is COc1ccc(N2C(=O)CN(Cc3ccc4c(c3)OCO4)[C@H]3CS(=O)(=O)C[C@@H]32)cc1. The summed E-state index contributed by atoms with van der Waals surface area (Å²) in [7, 11) is -1.67. The van der Waals surface area contributed by atoms with Crippen LogP contribution in [0.25, 0.3) is 0 Å². The van der Waals surface area contributed by atoms with Crippen LogP contribution in [0.3, 0.4) is 0 Å². The first-order valence-corrected chi connectivity index (χ1v) is 11.5. The average Bonchev–Trinajstić information content (AvgIpc) is 3.31. The van der Waals surface area contributed by atoms with Crippen molar-refractivity contribution >= 4 is 21.4 Å². The monoisotopic (exact) mass is 430 g/mol. The number of ether oxygens (including phenoxy) is 3. The topological polar surface area (TPSA) is 85.4 Å². The molecule has 2 aromatic rings. The van der Waals surface area contributed by atoms with Crippen LogP contribution in [0.5, 0.6) is 17.2 Å². The first-order valence-electron chi connectivity index (χ1n) is 9.73. The fourth-order valence-corrected chi connectivity index (χ4v) is 6.46. The summed E-state index contributed by atoms with van der Waals surface area (Å²) in [5.74, 6) is 1.95. The van der Waals surface area contributed by atoms with Crippen molar-refractivity contribution in [2.45, 2.75) is 18.6 Å². The summed E-state index contributed by atoms with van der Waals surface area (Å²) in [6.07, 6.45) is 0. The predicted molar refractivity (Wildman–Crippen MR) is 110 cm³/mol. The number of methoxy groups -OCH3 is 1. The number of sulfone groups is 1. The molecule has 0 N–H and O–H groups in total. The van der Waals surface area contributed by atoms with Crippen molar-refractivity contribution in [3.8, 4) is 17.2 Å². The van der Waals surface area contributed by atoms with E-state index in [1.807, 2.05) is 23.1 Å². The highest BCUT2D eigenvalue weighted by Crippen LogP contribution is 2.36. The molecule has 9 heteroatoms. The van der Waals surface area contributed by atoms with E-state index in [9.17, 15) is 13.2 Å². The third-order valence-corrected chi connectivity index (χ3v) is 7.57. The smallest absolute Gasteiger partial charge is 0.241 e. The lowest BCUT2D eigenvalue weighted by Crippen LogP contribution is -2.61. The molecule has 2 atom stereocenters. The number of benzene rings is 2. The Bertz CT molecular complexity index is 1090. The van der Waals surface area contributed by atoms with Gasteiger partial charge in [-0.05, 0) is 42.0 Å². The van der Waals surface area contributed by atoms with Crippen LogP contribution >= 0.6 is 0 Å². The van der Waals surface area contributed by atoms with Crippen LogP contribution < -0.4 is 19.1 Å². The van der Waals surface area contributed by atoms with E-state index in [1.54, 1.807) is 36.3 Å². The van der Waals surface area contributed by atoms with Gasteiger partial charge in [0.15, 0.2) is 21.3 Å². The fourth-order valence-electron chi connectivity index (χ4n) is 4.48. The van der Waals surface area contributed by atoms with Crippen molar-refractivity contribution in [1.82, 2.24) is 4.90 Å². The second-order valence-electron chi connectivity index (χ2n) is 7.77. The maximum atomic E-state index is 13.1. The van der Waals surface area contributed by atoms with Crippen molar-refractivity contribution in [2.24, 2.45) is 0 Å². The zero-order chi connectivity index (χ0) is 20.9. The molecule has 3 aliphatic heterocycles. The number of carbonyl (C=O) groups excluding carboxylic acids is 1. The number of carbonyl (C=O) groups is 1. The lowest BCUT2D eigenvalue weighted by atomic mass is 10.0. The van der Waals surface area contributed by atoms with Gasteiger partial charge in [-0.15, -0.1) is 0 Å². The minimum Gasteiger partial charge on any atom is -0.497 e. The van der Waals surface area contributed by atoms with Gasteiger partial charge in [0.05, 0.1) is 31.2 Å². The van der Waals surface area contributed by atoms with Gasteiger partial charge in [-0.2, -0.15) is 0 Å². The van der Waals surface area contributed by atoms with E-state index in [-0.39, 0.29) is 36.8 Å². The van der Waals surface area contributed by atoms with Gasteiger partial charge >= 0.3 is 0 Å². The fraction of sp³-hybridized carbons (Fsp3) is 0.381. The molecule has 1 amide bonds. The van der Waals surface area contributed by atoms with Gasteiger partial charge in [-0.3, -0.25) is 9.69 Å². The van der Waals surface area contributed by atoms with Crippen LogP contribution in [0.15, 0.2) is 42.5 Å². The highest BCUT2D eigenvalue weighted by atomic mass is 32.2. The Kier molecular flexibility index (Phi) is 4.59. The predicted octanol–water partition coefficient (Wildman–Crippen LogP) is 1.44. The van der Waals surface area contributed by atoms with E-state index in [2.05, 4.69) is 0 Å². The second-order valence-corrected chi connectivity index (χ2v) is 9.92. The molecule has 2 aromatic carbocycles. The quantitative estimate of drug-likeness (QED) is 0.726. The molecule has 0 aliphatic carbocycles. The number of anilines is 1. The zero-order valence-electron chi connectivity index (χ0n) is 16.5. The number of nitrogens with zero attached hydrogens (tertiary/aromatic N) is 2. The lowest BCUT2D eigenvalue weighted by Gasteiger charge is -2.43. The minimum absolute atomic E-state index is 0.0346. The molecule has 30 heavy (non-hydrogen) atoms. The van der Waals surface area contributed by atoms with E-state index in [4.69, 9.17) is 14.2 Å². The van der Waals surface area contributed by atoms with Crippen LogP contribution in [-0.2, 0) is 21.2 Å². The largest absolute Gasteiger partial charge is 0.497 e. The number of hydrogen-bond donors (Lipinski definition) is 0. The average molecular weight is 430 g/mol. The van der Waals surface area contributed by atoms with Gasteiger partial charge in [0.1, 0.15) is 5.75 Å². The Morgan fingerprint density at radius 2 is 1.77 bits per heavy atom. The Morgan fingerprint density at radius 1 is 1.03 bits per heavy atom. The van der Waals surface area contributed by atoms with Crippen molar-refractivity contribution < 1.29 is 27.4 Å². The molecule has 2 fully saturated rings. The molecule has 5 rings (SSSR count). The number of piperazine rings is 1. The lowest BCUT2D eigenvalue weighted by molar-refractivity contribution is -0.123. The van der Waals surface area contributed by atoms with Crippen molar-refractivity contribution in [3.05, 3.63) is 48.0 Å². The standard InChI is InChI=1S/C21H22N2O6S/c1-27-16-5-3-15(4-6-16)23-18-12-30(25,26)11-17(18)22(10-21(23)24)9-14-2-7-19-20(8-14)29-13-28-19/h2-8,17-18H,9-13H2,1H3/t17-,18-/m0/s1. The first kappa shape index (κ1) is 19.2. The van der Waals surface area contributed by atoms with Gasteiger partial charge in [0, 0.05) is 18.3 Å². The van der Waals surface area contributed by atoms with Crippen LogP contribution in [0.1, 0.15) is 5.56 Å². The maximum Gasteiger partial charge on any atom is 0.241 e. The molecule has 0 saturated carbocycles. The summed E-state index contributed by atoms with van der Waals surface area (Å²) in [5, 5.41) is 0. The van der Waals surface area contributed by atoms with E-state index in [0.717, 1.165) is 5.56 Å². The molecular weight excluding hydrogens is 408 g/mol. The van der Waals surface area contributed by atoms with E-state index in [0.29, 0.717) is 29.5 Å². The summed E-state index contributed by atoms with van der Waals surface area (Å²) >= 11 is 0. The van der Waals surface area contributed by atoms with Crippen LogP contribution in [0.2, 0.25) is 0 Å². The maximum absolute atomic E-state index is 13.1. The number of amides is 1. The van der Waals surface area contributed by atoms with E-state index in [1.165, 1.54) is 0 Å². The normalized spacial score (nSPS) is 24.7. The molecular formula is C21H22N2O6S. The van der Waals surface area contributed by atoms with Crippen molar-refractivity contribution in [3.63, 3.8) is 0 Å². The molecule has 0 spiro atoms. The Morgan fingerprint density at radius 3 is 2.53 bits per heavy atom. The van der Waals surface area contributed by atoms with Crippen LogP contribution in [0.4, 0.5) is 5.69 Å². The highest BCUT2D eigenvalue weighted by Gasteiger charge is 2.49. The molecule has 3 heterocycles. The van der Waals surface area contributed by atoms with E-state index >= 15 is 0 Å². The molecule has 2 saturated heterocycles. The number of hydrogen-bond acceptors (Lipinski definition) is 7. The third-order valence-electron chi connectivity index (χ3n) is 5.87. The summed E-state index contributed by atoms with van der Waals surface area (Å²) in [6.45, 7) is 0.813. The molecule has 0 radical (unpaired) electrons. The number of rotatable bonds is 4. The first-order chi connectivity index (χ1) is 14.4. The summed E-state index contributed by atoms with van der Waals surface area (Å²) in [6, 6.07) is 12.1. The molecule has 158 valence electrons. The van der Waals surface area contributed by atoms with Crippen LogP contribution in [-0.4, -0.2) is 63.3 Å². The third kappa shape index (κ3) is 3.37. The van der Waals surface area contributed by atoms with Crippen molar-refractivity contribution in [2.75, 3.05) is 36.9 Å². The highest BCUT2D eigenvalue weighted by molar-refractivity contribution is 7.91. The van der Waals surface area contributed by atoms with Crippen LogP contribution in [0, 0.1) is 0 Å². The molecule has 0 bridgehead atoms. The summed E-state index contributed by atoms with van der Waals surface area (Å²) in [5.41, 5.74) is 1.64. The van der Waals surface area contributed by atoms with Crippen molar-refractivity contribution in [1.29, 1.82) is 0 Å². The van der Waals surface area contributed by atoms with Gasteiger partial charge < -0.3 is 19.1 Å². The van der Waals surface area contributed by atoms with Gasteiger partial charge in [0.2, 0.25) is 12.7 Å². The van der Waals surface area contributed by atoms with Gasteiger partial charge in [-0.25, -0.2) is 8.42 Å². The Balaban J connectivity index is 1.44. The molecule has 0 aromatic heterocycles. The molecule has 3 aliphatic rings. The molecule has 8 nitrogen and oxygen atoms in total. The Hall–Kier alpha value is -2.78.